The van der Waals surface area contributed by atoms with Crippen molar-refractivity contribution in [1.29, 1.82) is 0 Å². The molecule has 2 aromatic rings. The zero-order valence-electron chi connectivity index (χ0n) is 9.28. The van der Waals surface area contributed by atoms with E-state index in [2.05, 4.69) is 20.9 Å². The van der Waals surface area contributed by atoms with Crippen LogP contribution in [0.1, 0.15) is 11.4 Å². The van der Waals surface area contributed by atoms with Crippen molar-refractivity contribution in [3.8, 4) is 5.75 Å². The molecular formula is C13H11BrFNO. The molecule has 0 aliphatic rings. The SMILES string of the molecule is Cc1cccc(COc2ccc(Br)c(F)c2)n1. The number of ether oxygens (including phenoxy) is 1. The molecule has 0 fully saturated rings. The average Bonchev–Trinajstić information content (AvgIpc) is 2.31. The van der Waals surface area contributed by atoms with Gasteiger partial charge in [-0.1, -0.05) is 6.07 Å². The number of pyridine rings is 1. The second-order valence-electron chi connectivity index (χ2n) is 3.63. The Kier molecular flexibility index (Phi) is 3.74. The fourth-order valence-corrected chi connectivity index (χ4v) is 1.65. The maximum absolute atomic E-state index is 13.2. The molecule has 0 N–H and O–H groups in total. The fourth-order valence-electron chi connectivity index (χ4n) is 1.40. The lowest BCUT2D eigenvalue weighted by Gasteiger charge is -2.06. The lowest BCUT2D eigenvalue weighted by Crippen LogP contribution is -1.99. The van der Waals surface area contributed by atoms with E-state index in [1.165, 1.54) is 6.07 Å². The van der Waals surface area contributed by atoms with Crippen molar-refractivity contribution in [3.63, 3.8) is 0 Å². The molecule has 0 aliphatic heterocycles. The molecule has 2 rings (SSSR count). The van der Waals surface area contributed by atoms with Crippen LogP contribution in [0.15, 0.2) is 40.9 Å². The van der Waals surface area contributed by atoms with Gasteiger partial charge >= 0.3 is 0 Å². The van der Waals surface area contributed by atoms with Crippen LogP contribution in [-0.2, 0) is 6.61 Å². The zero-order chi connectivity index (χ0) is 12.3. The number of nitrogens with zero attached hydrogens (tertiary/aromatic N) is 1. The monoisotopic (exact) mass is 295 g/mol. The van der Waals surface area contributed by atoms with Gasteiger partial charge in [-0.3, -0.25) is 4.98 Å². The van der Waals surface area contributed by atoms with Crippen molar-refractivity contribution >= 4 is 15.9 Å². The van der Waals surface area contributed by atoms with Crippen molar-refractivity contribution in [2.75, 3.05) is 0 Å². The molecule has 0 bridgehead atoms. The largest absolute Gasteiger partial charge is 0.487 e. The van der Waals surface area contributed by atoms with E-state index in [1.807, 2.05) is 25.1 Å². The average molecular weight is 296 g/mol. The van der Waals surface area contributed by atoms with Crippen molar-refractivity contribution in [2.24, 2.45) is 0 Å². The van der Waals surface area contributed by atoms with Gasteiger partial charge in [0.05, 0.1) is 10.2 Å². The molecule has 1 aromatic heterocycles. The summed E-state index contributed by atoms with van der Waals surface area (Å²) in [6.45, 7) is 2.26. The molecule has 0 saturated carbocycles. The van der Waals surface area contributed by atoms with Crippen LogP contribution in [-0.4, -0.2) is 4.98 Å². The van der Waals surface area contributed by atoms with Gasteiger partial charge in [0.15, 0.2) is 0 Å². The first kappa shape index (κ1) is 12.0. The topological polar surface area (TPSA) is 22.1 Å². The zero-order valence-corrected chi connectivity index (χ0v) is 10.9. The minimum Gasteiger partial charge on any atom is -0.487 e. The third-order valence-corrected chi connectivity index (χ3v) is 2.87. The quantitative estimate of drug-likeness (QED) is 0.857. The van der Waals surface area contributed by atoms with E-state index in [4.69, 9.17) is 4.74 Å². The van der Waals surface area contributed by atoms with E-state index in [0.29, 0.717) is 16.8 Å². The number of aromatic nitrogens is 1. The van der Waals surface area contributed by atoms with E-state index in [1.54, 1.807) is 12.1 Å². The maximum Gasteiger partial charge on any atom is 0.141 e. The highest BCUT2D eigenvalue weighted by atomic mass is 79.9. The number of aryl methyl sites for hydroxylation is 1. The highest BCUT2D eigenvalue weighted by molar-refractivity contribution is 9.10. The van der Waals surface area contributed by atoms with E-state index in [-0.39, 0.29) is 5.82 Å². The predicted octanol–water partition coefficient (Wildman–Crippen LogP) is 3.87. The molecule has 1 aromatic carbocycles. The Hall–Kier alpha value is -1.42. The van der Waals surface area contributed by atoms with Gasteiger partial charge in [0.1, 0.15) is 18.2 Å². The Morgan fingerprint density at radius 2 is 2.12 bits per heavy atom. The molecule has 0 aliphatic carbocycles. The molecule has 0 radical (unpaired) electrons. The number of halogens is 2. The standard InChI is InChI=1S/C13H11BrFNO/c1-9-3-2-4-10(16-9)8-17-11-5-6-12(14)13(15)7-11/h2-7H,8H2,1H3. The van der Waals surface area contributed by atoms with E-state index >= 15 is 0 Å². The Morgan fingerprint density at radius 3 is 2.82 bits per heavy atom. The Labute approximate surface area is 108 Å². The molecule has 0 unspecified atom stereocenters. The number of hydrogen-bond donors (Lipinski definition) is 0. The highest BCUT2D eigenvalue weighted by Crippen LogP contribution is 2.21. The van der Waals surface area contributed by atoms with Crippen molar-refractivity contribution in [2.45, 2.75) is 13.5 Å². The summed E-state index contributed by atoms with van der Waals surface area (Å²) in [6.07, 6.45) is 0. The molecule has 2 nitrogen and oxygen atoms in total. The van der Waals surface area contributed by atoms with Crippen molar-refractivity contribution in [1.82, 2.24) is 4.98 Å². The summed E-state index contributed by atoms with van der Waals surface area (Å²) in [5.41, 5.74) is 1.77. The van der Waals surface area contributed by atoms with Gasteiger partial charge in [-0.2, -0.15) is 0 Å². The summed E-state index contributed by atoms with van der Waals surface area (Å²) in [6, 6.07) is 10.4. The molecular weight excluding hydrogens is 285 g/mol. The third-order valence-electron chi connectivity index (χ3n) is 2.22. The van der Waals surface area contributed by atoms with E-state index in [0.717, 1.165) is 11.4 Å². The Morgan fingerprint density at radius 1 is 1.29 bits per heavy atom. The van der Waals surface area contributed by atoms with Crippen LogP contribution in [0.2, 0.25) is 0 Å². The number of benzene rings is 1. The van der Waals surface area contributed by atoms with Crippen molar-refractivity contribution in [3.05, 3.63) is 58.1 Å². The first-order chi connectivity index (χ1) is 8.15. The van der Waals surface area contributed by atoms with Crippen molar-refractivity contribution < 1.29 is 9.13 Å². The lowest BCUT2D eigenvalue weighted by molar-refractivity contribution is 0.299. The minimum absolute atomic E-state index is 0.334. The molecule has 0 spiro atoms. The Balaban J connectivity index is 2.05. The number of hydrogen-bond acceptors (Lipinski definition) is 2. The van der Waals surface area contributed by atoms with Gasteiger partial charge in [0, 0.05) is 11.8 Å². The lowest BCUT2D eigenvalue weighted by atomic mass is 10.3. The van der Waals surface area contributed by atoms with Crippen LogP contribution < -0.4 is 4.74 Å². The van der Waals surface area contributed by atoms with Crippen LogP contribution in [0.3, 0.4) is 0 Å². The molecule has 17 heavy (non-hydrogen) atoms. The second kappa shape index (κ2) is 5.27. The second-order valence-corrected chi connectivity index (χ2v) is 4.49. The van der Waals surface area contributed by atoms with Gasteiger partial charge in [0.25, 0.3) is 0 Å². The van der Waals surface area contributed by atoms with Crippen LogP contribution >= 0.6 is 15.9 Å². The highest BCUT2D eigenvalue weighted by Gasteiger charge is 2.02. The summed E-state index contributed by atoms with van der Waals surface area (Å²) < 4.78 is 19.1. The van der Waals surface area contributed by atoms with Crippen LogP contribution in [0.5, 0.6) is 5.75 Å². The van der Waals surface area contributed by atoms with Crippen LogP contribution in [0, 0.1) is 12.7 Å². The summed E-state index contributed by atoms with van der Waals surface area (Å²) in [7, 11) is 0. The van der Waals surface area contributed by atoms with Gasteiger partial charge < -0.3 is 4.74 Å². The summed E-state index contributed by atoms with van der Waals surface area (Å²) >= 11 is 3.09. The molecule has 1 heterocycles. The molecule has 88 valence electrons. The molecule has 0 amide bonds. The van der Waals surface area contributed by atoms with E-state index in [9.17, 15) is 4.39 Å². The minimum atomic E-state index is -0.334. The number of rotatable bonds is 3. The predicted molar refractivity (Wildman–Crippen MR) is 67.4 cm³/mol. The maximum atomic E-state index is 13.2. The summed E-state index contributed by atoms with van der Waals surface area (Å²) in [5.74, 6) is 0.161. The van der Waals surface area contributed by atoms with Gasteiger partial charge in [-0.25, -0.2) is 4.39 Å². The summed E-state index contributed by atoms with van der Waals surface area (Å²) in [4.78, 5) is 4.30. The fraction of sp³-hybridized carbons (Fsp3) is 0.154. The van der Waals surface area contributed by atoms with Gasteiger partial charge in [0.2, 0.25) is 0 Å². The van der Waals surface area contributed by atoms with Crippen LogP contribution in [0.25, 0.3) is 0 Å². The third kappa shape index (κ3) is 3.27. The van der Waals surface area contributed by atoms with Gasteiger partial charge in [-0.05, 0) is 47.1 Å². The van der Waals surface area contributed by atoms with Gasteiger partial charge in [-0.15, -0.1) is 0 Å². The molecule has 0 atom stereocenters. The molecule has 4 heteroatoms. The Bertz CT molecular complexity index is 531. The smallest absolute Gasteiger partial charge is 0.141 e. The summed E-state index contributed by atoms with van der Waals surface area (Å²) in [5, 5.41) is 0. The first-order valence-corrected chi connectivity index (χ1v) is 5.95. The molecule has 0 saturated heterocycles. The first-order valence-electron chi connectivity index (χ1n) is 5.15. The van der Waals surface area contributed by atoms with E-state index < -0.39 is 0 Å². The normalized spacial score (nSPS) is 10.3. The van der Waals surface area contributed by atoms with Crippen LogP contribution in [0.4, 0.5) is 4.39 Å².